The molecule has 0 saturated carbocycles. The molecule has 1 fully saturated rings. The van der Waals surface area contributed by atoms with Crippen LogP contribution in [0.3, 0.4) is 0 Å². The van der Waals surface area contributed by atoms with Gasteiger partial charge in [0.2, 0.25) is 5.95 Å². The van der Waals surface area contributed by atoms with E-state index in [1.54, 1.807) is 4.90 Å². The maximum atomic E-state index is 4.81. The number of halogens is 2. The quantitative estimate of drug-likeness (QED) is 0.435. The summed E-state index contributed by atoms with van der Waals surface area (Å²) in [6, 6.07) is 0. The van der Waals surface area contributed by atoms with E-state index in [-0.39, 0.29) is 24.8 Å². The fraction of sp³-hybridized carbons (Fsp3) is 0.824. The van der Waals surface area contributed by atoms with Gasteiger partial charge in [-0.05, 0) is 27.7 Å². The molecule has 1 aromatic rings. The minimum Gasteiger partial charge on any atom is -1.00 e. The Balaban J connectivity index is 0.00000312. The van der Waals surface area contributed by atoms with E-state index in [2.05, 4.69) is 39.6 Å². The molecular formula is C17H34Cl2N6S. The largest absolute Gasteiger partial charge is 1.00 e. The van der Waals surface area contributed by atoms with Crippen molar-refractivity contribution in [2.75, 3.05) is 51.2 Å². The zero-order valence-corrected chi connectivity index (χ0v) is 19.0. The highest BCUT2D eigenvalue weighted by molar-refractivity contribution is 7.99. The number of thioether (sulfide) groups is 1. The van der Waals surface area contributed by atoms with Crippen molar-refractivity contribution >= 4 is 23.7 Å². The number of nitrogens with one attached hydrogen (secondary N) is 2. The van der Waals surface area contributed by atoms with Crippen LogP contribution in [-0.2, 0) is 0 Å². The fourth-order valence-corrected chi connectivity index (χ4v) is 4.16. The lowest BCUT2D eigenvalue weighted by Crippen LogP contribution is -3.10. The number of quaternary nitrogens is 2. The lowest BCUT2D eigenvalue weighted by Gasteiger charge is -2.26. The van der Waals surface area contributed by atoms with Gasteiger partial charge in [0.05, 0.1) is 33.2 Å². The molecule has 6 nitrogen and oxygen atoms in total. The van der Waals surface area contributed by atoms with Crippen LogP contribution in [0.15, 0.2) is 5.16 Å². The molecule has 1 aliphatic rings. The van der Waals surface area contributed by atoms with E-state index >= 15 is 0 Å². The summed E-state index contributed by atoms with van der Waals surface area (Å²) in [6.07, 6.45) is 2.49. The number of hydrogen-bond donors (Lipinski definition) is 2. The van der Waals surface area contributed by atoms with Crippen LogP contribution < -0.4 is 39.5 Å². The predicted octanol–water partition coefficient (Wildman–Crippen LogP) is -5.95. The molecule has 26 heavy (non-hydrogen) atoms. The van der Waals surface area contributed by atoms with Crippen molar-refractivity contribution in [1.82, 2.24) is 15.0 Å². The Hall–Kier alpha value is -0.340. The van der Waals surface area contributed by atoms with E-state index < -0.39 is 0 Å². The molecule has 0 amide bonds. The molecule has 2 rings (SSSR count). The van der Waals surface area contributed by atoms with Crippen molar-refractivity contribution in [2.45, 2.75) is 50.9 Å². The first-order chi connectivity index (χ1) is 11.6. The Morgan fingerprint density at radius 3 is 2.08 bits per heavy atom. The predicted molar refractivity (Wildman–Crippen MR) is 101 cm³/mol. The second-order valence-corrected chi connectivity index (χ2v) is 7.77. The molecule has 1 aliphatic heterocycles. The molecule has 1 saturated heterocycles. The second kappa shape index (κ2) is 12.9. The lowest BCUT2D eigenvalue weighted by atomic mass is 10.1. The molecule has 2 N–H and O–H groups in total. The first-order valence-corrected chi connectivity index (χ1v) is 10.3. The average Bonchev–Trinajstić information content (AvgIpc) is 2.59. The third-order valence-electron chi connectivity index (χ3n) is 4.88. The van der Waals surface area contributed by atoms with Crippen LogP contribution in [0.4, 0.5) is 11.9 Å². The van der Waals surface area contributed by atoms with Crippen LogP contribution in [0.2, 0.25) is 0 Å². The summed E-state index contributed by atoms with van der Waals surface area (Å²) in [6.45, 7) is 15.0. The summed E-state index contributed by atoms with van der Waals surface area (Å²) in [5.41, 5.74) is 0. The van der Waals surface area contributed by atoms with Crippen molar-refractivity contribution < 1.29 is 34.6 Å². The Morgan fingerprint density at radius 1 is 1.00 bits per heavy atom. The van der Waals surface area contributed by atoms with E-state index in [1.807, 2.05) is 11.8 Å². The monoisotopic (exact) mass is 424 g/mol. The molecule has 0 bridgehead atoms. The van der Waals surface area contributed by atoms with E-state index in [4.69, 9.17) is 15.0 Å². The van der Waals surface area contributed by atoms with Gasteiger partial charge in [-0.3, -0.25) is 4.90 Å². The Labute approximate surface area is 175 Å². The van der Waals surface area contributed by atoms with Crippen LogP contribution in [-0.4, -0.2) is 66.5 Å². The highest BCUT2D eigenvalue weighted by Gasteiger charge is 2.24. The molecule has 0 aromatic carbocycles. The minimum absolute atomic E-state index is 0. The number of anilines is 1. The van der Waals surface area contributed by atoms with E-state index in [9.17, 15) is 0 Å². The number of aromatic nitrogens is 3. The smallest absolute Gasteiger partial charge is 0.333 e. The number of hydrogen-bond acceptors (Lipinski definition) is 5. The van der Waals surface area contributed by atoms with E-state index in [1.165, 1.54) is 30.8 Å². The third kappa shape index (κ3) is 7.00. The molecule has 0 atom stereocenters. The summed E-state index contributed by atoms with van der Waals surface area (Å²) in [5, 5.41) is 1.55. The summed E-state index contributed by atoms with van der Waals surface area (Å²) in [4.78, 5) is 19.5. The van der Waals surface area contributed by atoms with Gasteiger partial charge in [0.1, 0.15) is 0 Å². The van der Waals surface area contributed by atoms with Crippen LogP contribution in [0, 0.1) is 0 Å². The molecule has 0 unspecified atom stereocenters. The van der Waals surface area contributed by atoms with E-state index in [0.717, 1.165) is 43.2 Å². The minimum atomic E-state index is 0. The standard InChI is InChI=1S/C17H32N6S.2ClH/c1-6-22(7-2)15-18-16(23(8-3)9-4)20-17(19-15)24-14-10-12-21(5)13-11-14;;/h14H,6-13H2,1-5H3;2*1H. The number of rotatable bonds is 8. The number of likely N-dealkylation sites (tertiary alicyclic amines) is 1. The van der Waals surface area contributed by atoms with Gasteiger partial charge in [-0.25, -0.2) is 0 Å². The van der Waals surface area contributed by atoms with Gasteiger partial charge < -0.3 is 34.6 Å². The molecule has 0 radical (unpaired) electrons. The fourth-order valence-electron chi connectivity index (χ4n) is 3.12. The Bertz CT molecular complexity index is 476. The van der Waals surface area contributed by atoms with Crippen LogP contribution in [0.25, 0.3) is 0 Å². The number of piperidine rings is 1. The van der Waals surface area contributed by atoms with Crippen LogP contribution in [0.1, 0.15) is 40.5 Å². The normalized spacial score (nSPS) is 19.6. The summed E-state index contributed by atoms with van der Waals surface area (Å²) in [7, 11) is 2.28. The van der Waals surface area contributed by atoms with Gasteiger partial charge in [0.25, 0.3) is 0 Å². The van der Waals surface area contributed by atoms with Crippen molar-refractivity contribution in [3.63, 3.8) is 0 Å². The maximum Gasteiger partial charge on any atom is 0.333 e. The van der Waals surface area contributed by atoms with Crippen molar-refractivity contribution in [1.29, 1.82) is 0 Å². The van der Waals surface area contributed by atoms with E-state index in [0.29, 0.717) is 5.25 Å². The van der Waals surface area contributed by atoms with Crippen LogP contribution >= 0.6 is 11.8 Å². The van der Waals surface area contributed by atoms with Gasteiger partial charge in [0, 0.05) is 31.2 Å². The maximum absolute atomic E-state index is 4.81. The van der Waals surface area contributed by atoms with Gasteiger partial charge in [-0.15, -0.1) is 4.98 Å². The summed E-state index contributed by atoms with van der Waals surface area (Å²) in [5.74, 6) is 1.74. The van der Waals surface area contributed by atoms with Gasteiger partial charge in [-0.2, -0.15) is 9.97 Å². The average molecular weight is 425 g/mol. The molecule has 152 valence electrons. The topological polar surface area (TPSA) is 50.8 Å². The third-order valence-corrected chi connectivity index (χ3v) is 6.08. The van der Waals surface area contributed by atoms with Crippen molar-refractivity contribution in [3.05, 3.63) is 0 Å². The molecule has 1 aromatic heterocycles. The lowest BCUT2D eigenvalue weighted by molar-refractivity contribution is -0.884. The van der Waals surface area contributed by atoms with Gasteiger partial charge in [0.15, 0.2) is 5.16 Å². The molecule has 2 heterocycles. The Kier molecular flexibility index (Phi) is 12.8. The molecule has 0 aliphatic carbocycles. The van der Waals surface area contributed by atoms with Crippen molar-refractivity contribution in [2.24, 2.45) is 0 Å². The first-order valence-electron chi connectivity index (χ1n) is 9.45. The SMILES string of the molecule is CCN(CC)c1nc(SC2CC[NH+](C)CC2)nc([NH+](CC)CC)n1.[Cl-].[Cl-]. The first kappa shape index (κ1) is 25.7. The number of nitrogens with zero attached hydrogens (tertiary/aromatic N) is 4. The van der Waals surface area contributed by atoms with Crippen LogP contribution in [0.5, 0.6) is 0 Å². The Morgan fingerprint density at radius 2 is 1.58 bits per heavy atom. The molecule has 9 heteroatoms. The van der Waals surface area contributed by atoms with Gasteiger partial charge in [-0.1, -0.05) is 11.8 Å². The summed E-state index contributed by atoms with van der Waals surface area (Å²) >= 11 is 1.86. The van der Waals surface area contributed by atoms with Gasteiger partial charge >= 0.3 is 5.95 Å². The summed E-state index contributed by atoms with van der Waals surface area (Å²) < 4.78 is 0. The molecule has 0 spiro atoms. The molecular weight excluding hydrogens is 391 g/mol. The second-order valence-electron chi connectivity index (χ2n) is 6.50. The highest BCUT2D eigenvalue weighted by Crippen LogP contribution is 2.26. The van der Waals surface area contributed by atoms with Crippen molar-refractivity contribution in [3.8, 4) is 0 Å². The zero-order valence-electron chi connectivity index (χ0n) is 16.7. The highest BCUT2D eigenvalue weighted by atomic mass is 35.5. The zero-order chi connectivity index (χ0) is 17.5.